The molecule has 3 rings (SSSR count). The molecule has 0 aromatic heterocycles. The van der Waals surface area contributed by atoms with Crippen LogP contribution in [0.25, 0.3) is 0 Å². The number of nitrogens with two attached hydrogens (primary N) is 1. The van der Waals surface area contributed by atoms with E-state index in [1.165, 1.54) is 0 Å². The van der Waals surface area contributed by atoms with Crippen LogP contribution in [-0.2, 0) is 14.9 Å². The quantitative estimate of drug-likeness (QED) is 0.911. The molecule has 1 amide bonds. The van der Waals surface area contributed by atoms with Gasteiger partial charge in [-0.25, -0.2) is 0 Å². The molecule has 0 radical (unpaired) electrons. The van der Waals surface area contributed by atoms with E-state index in [1.807, 2.05) is 23.1 Å². The number of hydrogen-bond acceptors (Lipinski definition) is 3. The van der Waals surface area contributed by atoms with E-state index in [1.54, 1.807) is 0 Å². The number of carbonyl (C=O) groups excluding carboxylic acids is 1. The molecule has 2 aliphatic heterocycles. The Bertz CT molecular complexity index is 550. The van der Waals surface area contributed by atoms with Crippen LogP contribution >= 0.6 is 0 Å². The second-order valence-corrected chi connectivity index (χ2v) is 7.67. The van der Waals surface area contributed by atoms with Gasteiger partial charge in [0.25, 0.3) is 0 Å². The van der Waals surface area contributed by atoms with Gasteiger partial charge in [0.15, 0.2) is 0 Å². The van der Waals surface area contributed by atoms with E-state index in [-0.39, 0.29) is 17.4 Å². The Balaban J connectivity index is 1.90. The van der Waals surface area contributed by atoms with Crippen LogP contribution < -0.4 is 5.73 Å². The van der Waals surface area contributed by atoms with E-state index < -0.39 is 5.41 Å². The first-order valence-corrected chi connectivity index (χ1v) is 8.64. The van der Waals surface area contributed by atoms with Crippen LogP contribution in [0.5, 0.6) is 0 Å². The molecule has 1 aromatic carbocycles. The summed E-state index contributed by atoms with van der Waals surface area (Å²) in [6.07, 6.45) is 2.40. The van der Waals surface area contributed by atoms with Crippen LogP contribution in [0.15, 0.2) is 30.3 Å². The molecule has 1 atom stereocenters. The van der Waals surface area contributed by atoms with Gasteiger partial charge in [-0.15, -0.1) is 0 Å². The normalized spacial score (nSPS) is 26.7. The number of likely N-dealkylation sites (tertiary alicyclic amines) is 1. The summed E-state index contributed by atoms with van der Waals surface area (Å²) in [5, 5.41) is 0. The molecule has 2 heterocycles. The van der Waals surface area contributed by atoms with Crippen molar-refractivity contribution in [2.45, 2.75) is 44.6 Å². The van der Waals surface area contributed by atoms with E-state index in [0.29, 0.717) is 13.2 Å². The zero-order valence-corrected chi connectivity index (χ0v) is 14.3. The average Bonchev–Trinajstić information content (AvgIpc) is 2.58. The molecule has 4 nitrogen and oxygen atoms in total. The summed E-state index contributed by atoms with van der Waals surface area (Å²) in [6.45, 7) is 7.13. The first-order chi connectivity index (χ1) is 11.0. The molecule has 2 saturated heterocycles. The van der Waals surface area contributed by atoms with Gasteiger partial charge in [0, 0.05) is 32.3 Å². The first-order valence-electron chi connectivity index (χ1n) is 8.64. The number of piperidine rings is 1. The molecule has 4 heteroatoms. The second kappa shape index (κ2) is 6.25. The Kier molecular flexibility index (Phi) is 4.47. The Morgan fingerprint density at radius 3 is 2.48 bits per heavy atom. The molecule has 2 fully saturated rings. The number of amides is 1. The van der Waals surface area contributed by atoms with Gasteiger partial charge in [-0.2, -0.15) is 0 Å². The highest BCUT2D eigenvalue weighted by Gasteiger charge is 2.46. The second-order valence-electron chi connectivity index (χ2n) is 7.67. The predicted molar refractivity (Wildman–Crippen MR) is 91.1 cm³/mol. The van der Waals surface area contributed by atoms with Gasteiger partial charge in [0.1, 0.15) is 0 Å². The number of benzene rings is 1. The van der Waals surface area contributed by atoms with Crippen molar-refractivity contribution in [3.8, 4) is 0 Å². The van der Waals surface area contributed by atoms with Gasteiger partial charge in [-0.1, -0.05) is 44.2 Å². The zero-order chi connectivity index (χ0) is 16.5. The van der Waals surface area contributed by atoms with Crippen molar-refractivity contribution in [2.24, 2.45) is 11.1 Å². The van der Waals surface area contributed by atoms with Crippen LogP contribution in [0, 0.1) is 5.41 Å². The van der Waals surface area contributed by atoms with Crippen molar-refractivity contribution >= 4 is 5.91 Å². The highest BCUT2D eigenvalue weighted by Crippen LogP contribution is 2.39. The molecule has 2 N–H and O–H groups in total. The monoisotopic (exact) mass is 316 g/mol. The number of carbonyl (C=O) groups is 1. The highest BCUT2D eigenvalue weighted by atomic mass is 16.5. The minimum absolute atomic E-state index is 0.0308. The van der Waals surface area contributed by atoms with E-state index in [9.17, 15) is 4.79 Å². The summed E-state index contributed by atoms with van der Waals surface area (Å²) in [5.41, 5.74) is 6.90. The predicted octanol–water partition coefficient (Wildman–Crippen LogP) is 2.32. The maximum absolute atomic E-state index is 13.5. The molecule has 0 aliphatic carbocycles. The SMILES string of the molecule is CC1(C)CN(C(=O)C2(c3ccccc3)CCOCC2)CCC1N. The highest BCUT2D eigenvalue weighted by molar-refractivity contribution is 5.88. The fraction of sp³-hybridized carbons (Fsp3) is 0.632. The van der Waals surface area contributed by atoms with Gasteiger partial charge in [0.05, 0.1) is 5.41 Å². The summed E-state index contributed by atoms with van der Waals surface area (Å²) in [4.78, 5) is 15.5. The molecule has 1 aromatic rings. The third kappa shape index (κ3) is 3.02. The zero-order valence-electron chi connectivity index (χ0n) is 14.3. The largest absolute Gasteiger partial charge is 0.381 e. The minimum atomic E-state index is -0.434. The van der Waals surface area contributed by atoms with E-state index in [4.69, 9.17) is 10.5 Å². The van der Waals surface area contributed by atoms with Gasteiger partial charge < -0.3 is 15.4 Å². The Hall–Kier alpha value is -1.39. The van der Waals surface area contributed by atoms with Crippen LogP contribution in [0.4, 0.5) is 0 Å². The van der Waals surface area contributed by atoms with Crippen molar-refractivity contribution in [1.82, 2.24) is 4.90 Å². The van der Waals surface area contributed by atoms with Gasteiger partial charge >= 0.3 is 0 Å². The van der Waals surface area contributed by atoms with Crippen molar-refractivity contribution in [3.05, 3.63) is 35.9 Å². The third-order valence-electron chi connectivity index (χ3n) is 5.68. The minimum Gasteiger partial charge on any atom is -0.381 e. The fourth-order valence-corrected chi connectivity index (χ4v) is 3.95. The standard InChI is InChI=1S/C19H28N2O2/c1-18(2)14-21(11-8-16(18)20)17(22)19(9-12-23-13-10-19)15-6-4-3-5-7-15/h3-7,16H,8-14,20H2,1-2H3. The van der Waals surface area contributed by atoms with Gasteiger partial charge in [-0.05, 0) is 30.2 Å². The maximum Gasteiger partial charge on any atom is 0.233 e. The molecule has 0 saturated carbocycles. The lowest BCUT2D eigenvalue weighted by atomic mass is 9.71. The lowest BCUT2D eigenvalue weighted by Gasteiger charge is -2.47. The van der Waals surface area contributed by atoms with Crippen molar-refractivity contribution in [1.29, 1.82) is 0 Å². The van der Waals surface area contributed by atoms with Crippen LogP contribution in [-0.4, -0.2) is 43.2 Å². The fourth-order valence-electron chi connectivity index (χ4n) is 3.95. The molecule has 0 spiro atoms. The Morgan fingerprint density at radius 1 is 1.22 bits per heavy atom. The van der Waals surface area contributed by atoms with Crippen molar-refractivity contribution in [3.63, 3.8) is 0 Å². The third-order valence-corrected chi connectivity index (χ3v) is 5.68. The Labute approximate surface area is 139 Å². The van der Waals surface area contributed by atoms with Crippen molar-refractivity contribution < 1.29 is 9.53 Å². The molecule has 126 valence electrons. The molecule has 23 heavy (non-hydrogen) atoms. The summed E-state index contributed by atoms with van der Waals surface area (Å²) in [5.74, 6) is 0.256. The summed E-state index contributed by atoms with van der Waals surface area (Å²) < 4.78 is 5.55. The molecule has 0 bridgehead atoms. The van der Waals surface area contributed by atoms with E-state index in [2.05, 4.69) is 26.0 Å². The molecular weight excluding hydrogens is 288 g/mol. The summed E-state index contributed by atoms with van der Waals surface area (Å²) in [6, 6.07) is 10.4. The smallest absolute Gasteiger partial charge is 0.233 e. The summed E-state index contributed by atoms with van der Waals surface area (Å²) >= 11 is 0. The number of hydrogen-bond donors (Lipinski definition) is 1. The molecular formula is C19H28N2O2. The number of nitrogens with zero attached hydrogens (tertiary/aromatic N) is 1. The van der Waals surface area contributed by atoms with Crippen LogP contribution in [0.1, 0.15) is 38.7 Å². The lowest BCUT2D eigenvalue weighted by molar-refractivity contribution is -0.144. The topological polar surface area (TPSA) is 55.6 Å². The van der Waals surface area contributed by atoms with Crippen LogP contribution in [0.3, 0.4) is 0 Å². The van der Waals surface area contributed by atoms with Gasteiger partial charge in [0.2, 0.25) is 5.91 Å². The first kappa shape index (κ1) is 16.5. The lowest BCUT2D eigenvalue weighted by Crippen LogP contribution is -2.58. The van der Waals surface area contributed by atoms with E-state index in [0.717, 1.165) is 37.9 Å². The summed E-state index contributed by atoms with van der Waals surface area (Å²) in [7, 11) is 0. The molecule has 2 aliphatic rings. The molecule has 1 unspecified atom stereocenters. The van der Waals surface area contributed by atoms with Gasteiger partial charge in [-0.3, -0.25) is 4.79 Å². The van der Waals surface area contributed by atoms with E-state index >= 15 is 0 Å². The average molecular weight is 316 g/mol. The Morgan fingerprint density at radius 2 is 1.87 bits per heavy atom. The number of ether oxygens (including phenoxy) is 1. The van der Waals surface area contributed by atoms with Crippen LogP contribution in [0.2, 0.25) is 0 Å². The maximum atomic E-state index is 13.5. The number of rotatable bonds is 2. The van der Waals surface area contributed by atoms with Crippen molar-refractivity contribution in [2.75, 3.05) is 26.3 Å².